The molecule has 7 amide bonds. The Morgan fingerprint density at radius 3 is 1.57 bits per heavy atom. The van der Waals surface area contributed by atoms with Gasteiger partial charge in [-0.15, -0.1) is 0 Å². The molecule has 4 fully saturated rings. The van der Waals surface area contributed by atoms with Crippen LogP contribution in [0, 0.1) is 11.8 Å². The molecule has 13 nitrogen and oxygen atoms in total. The van der Waals surface area contributed by atoms with E-state index in [1.54, 1.807) is 17.0 Å². The SMILES string of the molecule is O=C1NCCCCCCCCCCCNC(=O)[C@H](CNC(=O)c2ccc(C(=O)N3C[C@@H](C(=O)N[C@H]4C[C@@H]4c4ccccc4)[C@H](C(=O)N[C@H]4C[C@@H]4c4ccccc4)C3)cc2)N1. The number of carbonyl (C=O) groups is 6. The number of urea groups is 1. The van der Waals surface area contributed by atoms with Crippen molar-refractivity contribution in [3.8, 4) is 0 Å². The molecule has 7 rings (SSSR count). The molecule has 0 spiro atoms. The maximum Gasteiger partial charge on any atom is 0.315 e. The first-order chi connectivity index (χ1) is 29.2. The lowest BCUT2D eigenvalue weighted by molar-refractivity contribution is -0.133. The van der Waals surface area contributed by atoms with E-state index in [-0.39, 0.29) is 72.7 Å². The summed E-state index contributed by atoms with van der Waals surface area (Å²) >= 11 is 0. The number of likely N-dealkylation sites (tertiary alicyclic amines) is 1. The maximum atomic E-state index is 13.9. The van der Waals surface area contributed by atoms with E-state index in [2.05, 4.69) is 56.2 Å². The Labute approximate surface area is 352 Å². The van der Waals surface area contributed by atoms with E-state index < -0.39 is 29.8 Å². The third-order valence-electron chi connectivity index (χ3n) is 12.4. The van der Waals surface area contributed by atoms with Crippen molar-refractivity contribution < 1.29 is 28.8 Å². The van der Waals surface area contributed by atoms with Gasteiger partial charge in [-0.05, 0) is 61.1 Å². The van der Waals surface area contributed by atoms with Crippen molar-refractivity contribution in [2.75, 3.05) is 32.7 Å². The van der Waals surface area contributed by atoms with Crippen LogP contribution < -0.4 is 31.9 Å². The molecule has 2 heterocycles. The highest BCUT2D eigenvalue weighted by atomic mass is 16.2. The first-order valence-corrected chi connectivity index (χ1v) is 22.0. The zero-order chi connectivity index (χ0) is 41.8. The van der Waals surface area contributed by atoms with Crippen molar-refractivity contribution in [2.45, 2.75) is 101 Å². The predicted molar refractivity (Wildman–Crippen MR) is 228 cm³/mol. The zero-order valence-corrected chi connectivity index (χ0v) is 34.3. The van der Waals surface area contributed by atoms with Crippen molar-refractivity contribution in [3.63, 3.8) is 0 Å². The van der Waals surface area contributed by atoms with E-state index in [0.717, 1.165) is 62.5 Å². The summed E-state index contributed by atoms with van der Waals surface area (Å²) in [5.41, 5.74) is 2.91. The van der Waals surface area contributed by atoms with E-state index in [0.29, 0.717) is 18.7 Å². The van der Waals surface area contributed by atoms with Crippen molar-refractivity contribution in [2.24, 2.45) is 11.8 Å². The summed E-state index contributed by atoms with van der Waals surface area (Å²) in [4.78, 5) is 82.2. The summed E-state index contributed by atoms with van der Waals surface area (Å²) < 4.78 is 0. The van der Waals surface area contributed by atoms with Crippen molar-refractivity contribution >= 4 is 35.6 Å². The van der Waals surface area contributed by atoms with Crippen LogP contribution in [-0.2, 0) is 14.4 Å². The Morgan fingerprint density at radius 1 is 0.583 bits per heavy atom. The molecule has 318 valence electrons. The fourth-order valence-corrected chi connectivity index (χ4v) is 8.61. The molecule has 2 saturated carbocycles. The first-order valence-electron chi connectivity index (χ1n) is 22.0. The van der Waals surface area contributed by atoms with Crippen molar-refractivity contribution in [1.29, 1.82) is 0 Å². The molecular weight excluding hydrogens is 759 g/mol. The zero-order valence-electron chi connectivity index (χ0n) is 34.3. The molecule has 7 atom stereocenters. The van der Waals surface area contributed by atoms with Crippen LogP contribution in [0.4, 0.5) is 4.79 Å². The van der Waals surface area contributed by atoms with Gasteiger partial charge < -0.3 is 36.8 Å². The van der Waals surface area contributed by atoms with Crippen molar-refractivity contribution in [3.05, 3.63) is 107 Å². The van der Waals surface area contributed by atoms with E-state index in [4.69, 9.17) is 0 Å². The maximum absolute atomic E-state index is 13.9. The topological polar surface area (TPSA) is 178 Å². The molecular formula is C47H59N7O6. The third kappa shape index (κ3) is 11.5. The van der Waals surface area contributed by atoms with Gasteiger partial charge in [0.1, 0.15) is 6.04 Å². The average Bonchev–Trinajstić information content (AvgIpc) is 4.18. The average molecular weight is 818 g/mol. The summed E-state index contributed by atoms with van der Waals surface area (Å²) in [5, 5.41) is 17.5. The van der Waals surface area contributed by atoms with Crippen LogP contribution in [0.5, 0.6) is 0 Å². The largest absolute Gasteiger partial charge is 0.354 e. The second kappa shape index (κ2) is 20.5. The van der Waals surface area contributed by atoms with Gasteiger partial charge in [0.25, 0.3) is 11.8 Å². The standard InChI is InChI=1S/C47H59N7O6/c55-42(50-28-41-45(58)48-24-14-6-4-2-1-3-5-7-15-25-49-47(60)53-41)33-20-22-34(23-21-33)46(59)54-29-37(43(56)51-39-26-35(39)31-16-10-8-11-17-31)38(30-54)44(57)52-40-27-36(40)32-18-12-9-13-19-32/h8-13,16-23,35-41H,1-7,14-15,24-30H2,(H,48,58)(H,50,55)(H,51,56)(H,52,57)(H2,49,53,60)/t35-,36-,37-,38-,39+,40+,41+/m1/s1. The Hall–Kier alpha value is -5.72. The smallest absolute Gasteiger partial charge is 0.315 e. The monoisotopic (exact) mass is 817 g/mol. The Bertz CT molecular complexity index is 1890. The molecule has 0 bridgehead atoms. The number of benzene rings is 3. The number of amides is 7. The highest BCUT2D eigenvalue weighted by Crippen LogP contribution is 2.42. The van der Waals surface area contributed by atoms with E-state index in [1.165, 1.54) is 31.4 Å². The minimum Gasteiger partial charge on any atom is -0.354 e. The van der Waals surface area contributed by atoms with Gasteiger partial charge >= 0.3 is 6.03 Å². The van der Waals surface area contributed by atoms with E-state index in [9.17, 15) is 28.8 Å². The van der Waals surface area contributed by atoms with E-state index in [1.807, 2.05) is 36.4 Å². The van der Waals surface area contributed by atoms with Crippen LogP contribution in [0.1, 0.15) is 114 Å². The molecule has 60 heavy (non-hydrogen) atoms. The van der Waals surface area contributed by atoms with Gasteiger partial charge in [-0.2, -0.15) is 0 Å². The van der Waals surface area contributed by atoms with Crippen LogP contribution in [0.2, 0.25) is 0 Å². The molecule has 0 unspecified atom stereocenters. The van der Waals surface area contributed by atoms with Crippen LogP contribution in [0.25, 0.3) is 0 Å². The summed E-state index contributed by atoms with van der Waals surface area (Å²) in [6.07, 6.45) is 11.2. The van der Waals surface area contributed by atoms with Crippen LogP contribution in [0.15, 0.2) is 84.9 Å². The van der Waals surface area contributed by atoms with Crippen LogP contribution in [0.3, 0.4) is 0 Å². The fraction of sp³-hybridized carbons (Fsp3) is 0.489. The lowest BCUT2D eigenvalue weighted by Crippen LogP contribution is -2.55. The second-order valence-corrected chi connectivity index (χ2v) is 16.9. The van der Waals surface area contributed by atoms with Gasteiger partial charge in [0.2, 0.25) is 17.7 Å². The molecule has 0 radical (unpaired) electrons. The minimum atomic E-state index is -0.982. The Morgan fingerprint density at radius 2 is 1.05 bits per heavy atom. The number of nitrogens with zero attached hydrogens (tertiary/aromatic N) is 1. The van der Waals surface area contributed by atoms with Gasteiger partial charge in [0, 0.05) is 67.8 Å². The lowest BCUT2D eigenvalue weighted by Gasteiger charge is -2.20. The number of hydrogen-bond donors (Lipinski definition) is 6. The predicted octanol–water partition coefficient (Wildman–Crippen LogP) is 4.76. The number of nitrogens with one attached hydrogen (secondary N) is 6. The first kappa shape index (κ1) is 42.4. The summed E-state index contributed by atoms with van der Waals surface area (Å²) in [7, 11) is 0. The number of hydrogen-bond acceptors (Lipinski definition) is 6. The van der Waals surface area contributed by atoms with Gasteiger partial charge in [0.15, 0.2) is 0 Å². The minimum absolute atomic E-state index is 0.0244. The molecule has 3 aromatic rings. The lowest BCUT2D eigenvalue weighted by atomic mass is 9.94. The van der Waals surface area contributed by atoms with Gasteiger partial charge in [-0.1, -0.05) is 106 Å². The van der Waals surface area contributed by atoms with Gasteiger partial charge in [-0.3, -0.25) is 24.0 Å². The molecule has 4 aliphatic rings. The van der Waals surface area contributed by atoms with E-state index >= 15 is 0 Å². The van der Waals surface area contributed by atoms with Crippen molar-refractivity contribution in [1.82, 2.24) is 36.8 Å². The molecule has 2 saturated heterocycles. The van der Waals surface area contributed by atoms with Gasteiger partial charge in [-0.25, -0.2) is 4.79 Å². The van der Waals surface area contributed by atoms with Crippen LogP contribution >= 0.6 is 0 Å². The summed E-state index contributed by atoms with van der Waals surface area (Å²) in [6, 6.07) is 24.7. The summed E-state index contributed by atoms with van der Waals surface area (Å²) in [6.45, 7) is 1.04. The summed E-state index contributed by atoms with van der Waals surface area (Å²) in [5.74, 6) is -2.65. The third-order valence-corrected chi connectivity index (χ3v) is 12.4. The van der Waals surface area contributed by atoms with Crippen LogP contribution in [-0.4, -0.2) is 91.3 Å². The molecule has 6 N–H and O–H groups in total. The molecule has 13 heteroatoms. The number of carbonyl (C=O) groups excluding carboxylic acids is 6. The quantitative estimate of drug-likeness (QED) is 0.172. The Balaban J connectivity index is 0.958. The molecule has 2 aliphatic heterocycles. The Kier molecular flexibility index (Phi) is 14.5. The second-order valence-electron chi connectivity index (χ2n) is 16.9. The highest BCUT2D eigenvalue weighted by molar-refractivity contribution is 5.99. The molecule has 0 aromatic heterocycles. The fourth-order valence-electron chi connectivity index (χ4n) is 8.61. The number of rotatable bonds is 10. The molecule has 2 aliphatic carbocycles. The normalized spacial score (nSPS) is 26.3. The molecule has 3 aromatic carbocycles. The highest BCUT2D eigenvalue weighted by Gasteiger charge is 2.49. The van der Waals surface area contributed by atoms with Gasteiger partial charge in [0.05, 0.1) is 11.8 Å².